The number of rotatable bonds is 10. The monoisotopic (exact) mass is 557 g/mol. The summed E-state index contributed by atoms with van der Waals surface area (Å²) in [5, 5.41) is 16.3. The summed E-state index contributed by atoms with van der Waals surface area (Å²) in [6, 6.07) is 4.66. The predicted octanol–water partition coefficient (Wildman–Crippen LogP) is 3.94. The highest BCUT2D eigenvalue weighted by atomic mass is 16.4. The van der Waals surface area contributed by atoms with Gasteiger partial charge in [-0.2, -0.15) is 0 Å². The Morgan fingerprint density at radius 3 is 2.17 bits per heavy atom. The molecule has 0 saturated carbocycles. The van der Waals surface area contributed by atoms with Gasteiger partial charge in [0.05, 0.1) is 6.04 Å². The third-order valence-electron chi connectivity index (χ3n) is 7.04. The third kappa shape index (κ3) is 8.41. The summed E-state index contributed by atoms with van der Waals surface area (Å²) in [7, 11) is 5.31. The second-order valence-corrected chi connectivity index (χ2v) is 12.1. The Balaban J connectivity index is 0.00000254. The molecule has 0 spiro atoms. The van der Waals surface area contributed by atoms with Crippen LogP contribution in [0.1, 0.15) is 72.9 Å². The summed E-state index contributed by atoms with van der Waals surface area (Å²) in [5.74, 6) is -1.62. The first-order valence-corrected chi connectivity index (χ1v) is 13.9. The van der Waals surface area contributed by atoms with Gasteiger partial charge in [-0.1, -0.05) is 67.0 Å². The maximum atomic E-state index is 13.7. The van der Waals surface area contributed by atoms with Gasteiger partial charge in [0.2, 0.25) is 11.8 Å². The molecule has 1 heterocycles. The Morgan fingerprint density at radius 2 is 1.70 bits per heavy atom. The summed E-state index contributed by atoms with van der Waals surface area (Å²) in [4.78, 5) is 39.7. The number of hydrogen-bond donors (Lipinski definition) is 4. The lowest BCUT2D eigenvalue weighted by Crippen LogP contribution is -2.60. The molecule has 0 aliphatic carbocycles. The van der Waals surface area contributed by atoms with Gasteiger partial charge in [0.25, 0.3) is 0 Å². The summed E-state index contributed by atoms with van der Waals surface area (Å²) >= 11 is 0. The Bertz CT molecular complexity index is 1210. The molecule has 40 heavy (non-hydrogen) atoms. The van der Waals surface area contributed by atoms with Crippen LogP contribution in [0.3, 0.4) is 0 Å². The normalized spacial score (nSPS) is 13.8. The van der Waals surface area contributed by atoms with Crippen molar-refractivity contribution in [2.75, 3.05) is 20.6 Å². The van der Waals surface area contributed by atoms with E-state index in [1.165, 1.54) is 24.3 Å². The van der Waals surface area contributed by atoms with E-state index >= 15 is 0 Å². The van der Waals surface area contributed by atoms with Gasteiger partial charge in [-0.25, -0.2) is 4.79 Å². The lowest BCUT2D eigenvalue weighted by atomic mass is 9.76. The minimum Gasteiger partial charge on any atom is -0.478 e. The number of fused-ring (bicyclic) bond motifs is 1. The first kappa shape index (κ1) is 34.9. The van der Waals surface area contributed by atoms with Crippen molar-refractivity contribution in [1.29, 1.82) is 0 Å². The van der Waals surface area contributed by atoms with Crippen LogP contribution in [0.15, 0.2) is 36.0 Å². The van der Waals surface area contributed by atoms with Gasteiger partial charge in [-0.05, 0) is 42.6 Å². The Labute approximate surface area is 240 Å². The topological polar surface area (TPSA) is 130 Å². The molecule has 2 aromatic rings. The van der Waals surface area contributed by atoms with E-state index < -0.39 is 28.9 Å². The molecule has 2 rings (SSSR count). The minimum atomic E-state index is -1.03. The van der Waals surface area contributed by atoms with Crippen LogP contribution < -0.4 is 16.4 Å². The molecule has 0 aliphatic heterocycles. The quantitative estimate of drug-likeness (QED) is 0.328. The lowest BCUT2D eigenvalue weighted by Gasteiger charge is -2.38. The molecule has 0 aliphatic rings. The van der Waals surface area contributed by atoms with E-state index in [2.05, 4.69) is 30.5 Å². The van der Waals surface area contributed by atoms with Gasteiger partial charge in [0, 0.05) is 55.3 Å². The summed E-state index contributed by atoms with van der Waals surface area (Å²) in [6.07, 6.45) is 4.78. The van der Waals surface area contributed by atoms with E-state index in [1.54, 1.807) is 14.1 Å². The highest BCUT2D eigenvalue weighted by Gasteiger charge is 2.41. The summed E-state index contributed by atoms with van der Waals surface area (Å²) < 4.78 is 2.04. The Hall–Kier alpha value is -3.17. The average Bonchev–Trinajstić information content (AvgIpc) is 3.21. The second-order valence-electron chi connectivity index (χ2n) is 12.1. The van der Waals surface area contributed by atoms with Crippen molar-refractivity contribution < 1.29 is 19.5 Å². The number of carbonyl (C=O) groups excluding carboxylic acids is 2. The molecule has 0 saturated heterocycles. The zero-order valence-corrected chi connectivity index (χ0v) is 26.3. The van der Waals surface area contributed by atoms with Crippen molar-refractivity contribution in [1.82, 2.24) is 20.1 Å². The SMILES string of the molecule is CCC.CNC(C(=O)NC(C(=O)N(C)C/C=C(\C)C(=O)O)C(C)(C)C)C(C)(C)c1cn(C)c2ccc(CN)cc12. The highest BCUT2D eigenvalue weighted by molar-refractivity contribution is 5.93. The van der Waals surface area contributed by atoms with Crippen molar-refractivity contribution >= 4 is 28.7 Å². The number of benzene rings is 1. The number of aryl methyl sites for hydroxylation is 1. The zero-order chi connectivity index (χ0) is 31.0. The molecule has 2 unspecified atom stereocenters. The lowest BCUT2D eigenvalue weighted by molar-refractivity contribution is -0.139. The zero-order valence-electron chi connectivity index (χ0n) is 26.3. The van der Waals surface area contributed by atoms with E-state index in [9.17, 15) is 14.4 Å². The summed E-state index contributed by atoms with van der Waals surface area (Å²) in [6.45, 7) is 16.0. The molecule has 1 aromatic heterocycles. The first-order valence-electron chi connectivity index (χ1n) is 13.9. The maximum Gasteiger partial charge on any atom is 0.331 e. The maximum absolute atomic E-state index is 13.7. The molecule has 0 fully saturated rings. The number of carboxylic acid groups (broad SMARTS) is 1. The van der Waals surface area contributed by atoms with Crippen molar-refractivity contribution in [3.63, 3.8) is 0 Å². The average molecular weight is 558 g/mol. The first-order chi connectivity index (χ1) is 18.5. The van der Waals surface area contributed by atoms with Crippen LogP contribution in [-0.2, 0) is 33.4 Å². The standard InChI is InChI=1S/C28H43N5O4.C3H8/c1-17(26(36)37)12-13-32(8)25(35)23(27(2,3)4)31-24(34)22(30-7)28(5,6)20-16-33(9)21-11-10-18(15-29)14-19(20)21;1-3-2/h10-12,14,16,22-23,30H,13,15,29H2,1-9H3,(H,31,34)(H,36,37);3H2,1-2H3/b17-12+;. The number of aromatic nitrogens is 1. The number of hydrogen-bond acceptors (Lipinski definition) is 5. The minimum absolute atomic E-state index is 0.125. The van der Waals surface area contributed by atoms with Crippen LogP contribution in [0.4, 0.5) is 0 Å². The van der Waals surface area contributed by atoms with E-state index in [0.717, 1.165) is 22.0 Å². The number of carboxylic acids is 1. The molecular formula is C31H51N5O4. The molecule has 0 bridgehead atoms. The van der Waals surface area contributed by atoms with E-state index in [4.69, 9.17) is 10.8 Å². The number of nitrogens with zero attached hydrogens (tertiary/aromatic N) is 2. The van der Waals surface area contributed by atoms with Gasteiger partial charge in [-0.3, -0.25) is 9.59 Å². The number of carbonyl (C=O) groups is 3. The van der Waals surface area contributed by atoms with E-state index in [-0.39, 0.29) is 23.9 Å². The van der Waals surface area contributed by atoms with Crippen molar-refractivity contribution in [3.05, 3.63) is 47.2 Å². The predicted molar refractivity (Wildman–Crippen MR) is 163 cm³/mol. The van der Waals surface area contributed by atoms with Gasteiger partial charge in [0.15, 0.2) is 0 Å². The molecular weight excluding hydrogens is 506 g/mol. The largest absolute Gasteiger partial charge is 0.478 e. The number of nitrogens with two attached hydrogens (primary N) is 1. The highest BCUT2D eigenvalue weighted by Crippen LogP contribution is 2.35. The molecule has 224 valence electrons. The number of amides is 2. The number of likely N-dealkylation sites (N-methyl/N-ethyl adjacent to an activating group) is 2. The van der Waals surface area contributed by atoms with Gasteiger partial charge in [0.1, 0.15) is 6.04 Å². The van der Waals surface area contributed by atoms with Crippen molar-refractivity contribution in [2.45, 2.75) is 85.9 Å². The van der Waals surface area contributed by atoms with Crippen molar-refractivity contribution in [3.8, 4) is 0 Å². The van der Waals surface area contributed by atoms with Crippen LogP contribution in [0.25, 0.3) is 10.9 Å². The molecule has 2 amide bonds. The fourth-order valence-electron chi connectivity index (χ4n) is 4.60. The van der Waals surface area contributed by atoms with Crippen LogP contribution in [0.5, 0.6) is 0 Å². The van der Waals surface area contributed by atoms with Crippen LogP contribution >= 0.6 is 0 Å². The van der Waals surface area contributed by atoms with Crippen LogP contribution in [-0.4, -0.2) is 65.1 Å². The van der Waals surface area contributed by atoms with Crippen molar-refractivity contribution in [2.24, 2.45) is 18.2 Å². The fourth-order valence-corrected chi connectivity index (χ4v) is 4.60. The Morgan fingerprint density at radius 1 is 1.12 bits per heavy atom. The van der Waals surface area contributed by atoms with Crippen LogP contribution in [0.2, 0.25) is 0 Å². The van der Waals surface area contributed by atoms with Gasteiger partial charge in [-0.15, -0.1) is 0 Å². The summed E-state index contributed by atoms with van der Waals surface area (Å²) in [5.41, 5.74) is 7.89. The molecule has 0 radical (unpaired) electrons. The molecule has 5 N–H and O–H groups in total. The fraction of sp³-hybridized carbons (Fsp3) is 0.581. The molecule has 9 heteroatoms. The molecule has 2 atom stereocenters. The third-order valence-corrected chi connectivity index (χ3v) is 7.04. The Kier molecular flexibility index (Phi) is 12.6. The molecule has 9 nitrogen and oxygen atoms in total. The number of nitrogens with one attached hydrogen (secondary N) is 2. The molecule has 1 aromatic carbocycles. The number of aliphatic carboxylic acids is 1. The smallest absolute Gasteiger partial charge is 0.331 e. The van der Waals surface area contributed by atoms with Gasteiger partial charge < -0.3 is 30.9 Å². The van der Waals surface area contributed by atoms with Crippen LogP contribution in [0, 0.1) is 5.41 Å². The van der Waals surface area contributed by atoms with E-state index in [0.29, 0.717) is 6.54 Å². The van der Waals surface area contributed by atoms with E-state index in [1.807, 2.05) is 64.6 Å². The second kappa shape index (κ2) is 14.5. The van der Waals surface area contributed by atoms with Gasteiger partial charge >= 0.3 is 5.97 Å².